The molecule has 0 atom stereocenters. The second kappa shape index (κ2) is 6.64. The molecule has 1 heterocycles. The molecule has 0 fully saturated rings. The number of tetrazole rings is 1. The molecule has 128 valence electrons. The summed E-state index contributed by atoms with van der Waals surface area (Å²) in [6, 6.07) is 19.7. The van der Waals surface area contributed by atoms with Gasteiger partial charge in [0.15, 0.2) is 0 Å². The van der Waals surface area contributed by atoms with Crippen molar-refractivity contribution in [3.05, 3.63) is 72.5 Å². The van der Waals surface area contributed by atoms with Gasteiger partial charge in [-0.25, -0.2) is 4.39 Å². The van der Waals surface area contributed by atoms with Crippen LogP contribution >= 0.6 is 0 Å². The Kier molecular flexibility index (Phi) is 4.03. The summed E-state index contributed by atoms with van der Waals surface area (Å²) < 4.78 is 13.1. The largest absolute Gasteiger partial charge is 0.397 e. The molecule has 0 aliphatic carbocycles. The van der Waals surface area contributed by atoms with Gasteiger partial charge in [-0.1, -0.05) is 24.3 Å². The van der Waals surface area contributed by atoms with Crippen LogP contribution in [0.2, 0.25) is 0 Å². The number of benzene rings is 3. The van der Waals surface area contributed by atoms with Crippen molar-refractivity contribution in [3.63, 3.8) is 0 Å². The van der Waals surface area contributed by atoms with Gasteiger partial charge in [0, 0.05) is 11.3 Å². The lowest BCUT2D eigenvalue weighted by Crippen LogP contribution is -1.97. The lowest BCUT2D eigenvalue weighted by molar-refractivity contribution is 0.628. The number of nitrogens with zero attached hydrogens (tertiary/aromatic N) is 3. The molecule has 6 nitrogen and oxygen atoms in total. The quantitative estimate of drug-likeness (QED) is 0.486. The average Bonchev–Trinajstić information content (AvgIpc) is 3.19. The summed E-state index contributed by atoms with van der Waals surface area (Å²) in [5, 5.41) is 17.3. The predicted octanol–water partition coefficient (Wildman–Crippen LogP) is 4.00. The minimum absolute atomic E-state index is 0.255. The Morgan fingerprint density at radius 2 is 1.69 bits per heavy atom. The average molecular weight is 346 g/mol. The first-order valence-corrected chi connectivity index (χ1v) is 7.95. The molecular weight excluding hydrogens is 331 g/mol. The highest BCUT2D eigenvalue weighted by Crippen LogP contribution is 2.30. The second-order valence-electron chi connectivity index (χ2n) is 5.75. The number of H-pyrrole nitrogens is 1. The number of anilines is 3. The van der Waals surface area contributed by atoms with E-state index in [0.717, 1.165) is 28.1 Å². The Morgan fingerprint density at radius 3 is 2.46 bits per heavy atom. The Bertz CT molecular complexity index is 1030. The van der Waals surface area contributed by atoms with E-state index in [1.54, 1.807) is 18.2 Å². The molecule has 0 spiro atoms. The van der Waals surface area contributed by atoms with E-state index in [-0.39, 0.29) is 5.82 Å². The molecular formula is C19H15FN6. The van der Waals surface area contributed by atoms with Crippen molar-refractivity contribution in [2.75, 3.05) is 11.1 Å². The van der Waals surface area contributed by atoms with E-state index in [0.29, 0.717) is 11.5 Å². The lowest BCUT2D eigenvalue weighted by atomic mass is 10.0. The van der Waals surface area contributed by atoms with Gasteiger partial charge in [0.2, 0.25) is 5.82 Å². The van der Waals surface area contributed by atoms with E-state index in [9.17, 15) is 4.39 Å². The molecule has 0 radical (unpaired) electrons. The zero-order valence-electron chi connectivity index (χ0n) is 13.6. The van der Waals surface area contributed by atoms with Gasteiger partial charge in [-0.3, -0.25) is 0 Å². The molecule has 0 bridgehead atoms. The highest BCUT2D eigenvalue weighted by atomic mass is 19.1. The Morgan fingerprint density at radius 1 is 0.885 bits per heavy atom. The van der Waals surface area contributed by atoms with Crippen molar-refractivity contribution < 1.29 is 4.39 Å². The minimum atomic E-state index is -0.255. The van der Waals surface area contributed by atoms with Gasteiger partial charge in [-0.05, 0) is 58.8 Å². The number of nitrogen functional groups attached to an aromatic ring is 1. The van der Waals surface area contributed by atoms with Crippen LogP contribution in [-0.2, 0) is 0 Å². The van der Waals surface area contributed by atoms with Gasteiger partial charge in [0.1, 0.15) is 5.82 Å². The van der Waals surface area contributed by atoms with Crippen LogP contribution < -0.4 is 11.1 Å². The lowest BCUT2D eigenvalue weighted by Gasteiger charge is -2.12. The van der Waals surface area contributed by atoms with Gasteiger partial charge in [0.25, 0.3) is 0 Å². The first kappa shape index (κ1) is 15.8. The van der Waals surface area contributed by atoms with Crippen LogP contribution in [0.3, 0.4) is 0 Å². The molecule has 0 aliphatic heterocycles. The number of nitrogens with two attached hydrogens (primary N) is 1. The standard InChI is InChI=1S/C19H15FN6/c20-15-7-4-12(5-8-15)13-2-1-3-16(10-13)22-18-11-14(6-9-17(18)21)19-23-25-26-24-19/h1-11,22H,21H2,(H,23,24,25,26). The summed E-state index contributed by atoms with van der Waals surface area (Å²) >= 11 is 0. The normalized spacial score (nSPS) is 10.7. The Balaban J connectivity index is 1.64. The number of halogens is 1. The van der Waals surface area contributed by atoms with Gasteiger partial charge < -0.3 is 11.1 Å². The maximum absolute atomic E-state index is 13.1. The van der Waals surface area contributed by atoms with E-state index in [1.165, 1.54) is 12.1 Å². The van der Waals surface area contributed by atoms with E-state index in [2.05, 4.69) is 25.9 Å². The van der Waals surface area contributed by atoms with Crippen molar-refractivity contribution in [1.82, 2.24) is 20.6 Å². The Hall–Kier alpha value is -3.74. The minimum Gasteiger partial charge on any atom is -0.397 e. The zero-order valence-corrected chi connectivity index (χ0v) is 13.6. The summed E-state index contributed by atoms with van der Waals surface area (Å²) in [5.74, 6) is 0.238. The van der Waals surface area contributed by atoms with Crippen LogP contribution in [0.15, 0.2) is 66.7 Å². The third-order valence-corrected chi connectivity index (χ3v) is 3.98. The fourth-order valence-corrected chi connectivity index (χ4v) is 2.66. The van der Waals surface area contributed by atoms with Crippen molar-refractivity contribution in [1.29, 1.82) is 0 Å². The SMILES string of the molecule is Nc1ccc(-c2nn[nH]n2)cc1Nc1cccc(-c2ccc(F)cc2)c1. The topological polar surface area (TPSA) is 92.5 Å². The van der Waals surface area contributed by atoms with E-state index in [4.69, 9.17) is 5.73 Å². The van der Waals surface area contributed by atoms with Crippen LogP contribution in [0.1, 0.15) is 0 Å². The maximum Gasteiger partial charge on any atom is 0.204 e. The molecule has 26 heavy (non-hydrogen) atoms. The summed E-state index contributed by atoms with van der Waals surface area (Å²) in [6.07, 6.45) is 0. The monoisotopic (exact) mass is 346 g/mol. The molecule has 0 unspecified atom stereocenters. The number of nitrogens with one attached hydrogen (secondary N) is 2. The van der Waals surface area contributed by atoms with Crippen molar-refractivity contribution in [3.8, 4) is 22.5 Å². The third kappa shape index (κ3) is 3.23. The number of aromatic nitrogens is 4. The van der Waals surface area contributed by atoms with Crippen LogP contribution in [-0.4, -0.2) is 20.6 Å². The van der Waals surface area contributed by atoms with Crippen LogP contribution in [0.4, 0.5) is 21.5 Å². The molecule has 0 saturated heterocycles. The molecule has 4 N–H and O–H groups in total. The molecule has 0 saturated carbocycles. The fraction of sp³-hybridized carbons (Fsp3) is 0. The molecule has 4 rings (SSSR count). The summed E-state index contributed by atoms with van der Waals surface area (Å²) in [6.45, 7) is 0. The first-order chi connectivity index (χ1) is 12.7. The molecule has 3 aromatic carbocycles. The van der Waals surface area contributed by atoms with Crippen LogP contribution in [0, 0.1) is 5.82 Å². The van der Waals surface area contributed by atoms with Crippen molar-refractivity contribution in [2.45, 2.75) is 0 Å². The number of aromatic amines is 1. The van der Waals surface area contributed by atoms with Gasteiger partial charge in [-0.2, -0.15) is 5.21 Å². The highest BCUT2D eigenvalue weighted by Gasteiger charge is 2.08. The van der Waals surface area contributed by atoms with Crippen LogP contribution in [0.5, 0.6) is 0 Å². The van der Waals surface area contributed by atoms with Gasteiger partial charge in [0.05, 0.1) is 11.4 Å². The Labute approximate surface area is 148 Å². The molecule has 1 aromatic heterocycles. The number of rotatable bonds is 4. The molecule has 0 amide bonds. The van der Waals surface area contributed by atoms with Gasteiger partial charge in [-0.15, -0.1) is 10.2 Å². The second-order valence-corrected chi connectivity index (χ2v) is 5.75. The summed E-state index contributed by atoms with van der Waals surface area (Å²) in [4.78, 5) is 0. The van der Waals surface area contributed by atoms with E-state index >= 15 is 0 Å². The zero-order chi connectivity index (χ0) is 17.9. The molecule has 4 aromatic rings. The molecule has 7 heteroatoms. The van der Waals surface area contributed by atoms with E-state index < -0.39 is 0 Å². The van der Waals surface area contributed by atoms with E-state index in [1.807, 2.05) is 36.4 Å². The predicted molar refractivity (Wildman–Crippen MR) is 99.1 cm³/mol. The van der Waals surface area contributed by atoms with Crippen LogP contribution in [0.25, 0.3) is 22.5 Å². The highest BCUT2D eigenvalue weighted by molar-refractivity contribution is 5.79. The number of hydrogen-bond acceptors (Lipinski definition) is 5. The molecule has 0 aliphatic rings. The maximum atomic E-state index is 13.1. The first-order valence-electron chi connectivity index (χ1n) is 7.95. The third-order valence-electron chi connectivity index (χ3n) is 3.98. The van der Waals surface area contributed by atoms with Crippen molar-refractivity contribution in [2.24, 2.45) is 0 Å². The van der Waals surface area contributed by atoms with Crippen molar-refractivity contribution >= 4 is 17.1 Å². The smallest absolute Gasteiger partial charge is 0.204 e. The summed E-state index contributed by atoms with van der Waals surface area (Å²) in [7, 11) is 0. The fourth-order valence-electron chi connectivity index (χ4n) is 2.66. The summed E-state index contributed by atoms with van der Waals surface area (Å²) in [5.41, 5.74) is 11.0. The van der Waals surface area contributed by atoms with Gasteiger partial charge >= 0.3 is 0 Å². The number of hydrogen-bond donors (Lipinski definition) is 3.